The molecule has 1 amide bonds. The van der Waals surface area contributed by atoms with Crippen molar-refractivity contribution in [2.75, 3.05) is 26.2 Å². The van der Waals surface area contributed by atoms with Crippen molar-refractivity contribution in [2.45, 2.75) is 24.8 Å². The molecule has 2 aliphatic rings. The Hall–Kier alpha value is -2.82. The molecule has 164 valence electrons. The first-order chi connectivity index (χ1) is 15.7. The van der Waals surface area contributed by atoms with Crippen molar-refractivity contribution in [3.8, 4) is 11.5 Å². The number of para-hydroxylation sites is 1. The third kappa shape index (κ3) is 4.67. The second-order valence-electron chi connectivity index (χ2n) is 8.67. The fourth-order valence-corrected chi connectivity index (χ4v) is 4.99. The lowest BCUT2D eigenvalue weighted by atomic mass is 9.86. The number of amides is 1. The van der Waals surface area contributed by atoms with Gasteiger partial charge in [-0.1, -0.05) is 48.0 Å². The number of nitrogens with zero attached hydrogens (tertiary/aromatic N) is 2. The third-order valence-electron chi connectivity index (χ3n) is 6.60. The fourth-order valence-electron chi connectivity index (χ4n) is 4.87. The van der Waals surface area contributed by atoms with E-state index >= 15 is 0 Å². The van der Waals surface area contributed by atoms with Gasteiger partial charge in [-0.2, -0.15) is 0 Å². The molecule has 2 heterocycles. The van der Waals surface area contributed by atoms with Crippen molar-refractivity contribution in [2.24, 2.45) is 0 Å². The zero-order valence-corrected chi connectivity index (χ0v) is 18.7. The van der Waals surface area contributed by atoms with E-state index in [0.717, 1.165) is 49.8 Å². The van der Waals surface area contributed by atoms with Gasteiger partial charge in [0.15, 0.2) is 0 Å². The highest BCUT2D eigenvalue weighted by Crippen LogP contribution is 2.33. The molecule has 2 fully saturated rings. The van der Waals surface area contributed by atoms with Gasteiger partial charge in [0, 0.05) is 42.8 Å². The van der Waals surface area contributed by atoms with Gasteiger partial charge in [0.2, 0.25) is 0 Å². The van der Waals surface area contributed by atoms with Crippen LogP contribution in [0.2, 0.25) is 5.02 Å². The molecule has 3 aromatic carbocycles. The molecule has 2 aliphatic heterocycles. The number of ether oxygens (including phenoxy) is 1. The van der Waals surface area contributed by atoms with Gasteiger partial charge < -0.3 is 9.64 Å². The number of carbonyl (C=O) groups is 1. The topological polar surface area (TPSA) is 32.8 Å². The Bertz CT molecular complexity index is 1070. The molecule has 2 atom stereocenters. The summed E-state index contributed by atoms with van der Waals surface area (Å²) in [5, 5.41) is 0.785. The molecule has 0 aromatic heterocycles. The summed E-state index contributed by atoms with van der Waals surface area (Å²) in [4.78, 5) is 17.8. The number of carbonyl (C=O) groups excluding carboxylic acids is 1. The van der Waals surface area contributed by atoms with E-state index in [1.54, 1.807) is 0 Å². The molecule has 0 radical (unpaired) electrons. The Morgan fingerprint density at radius 2 is 1.62 bits per heavy atom. The van der Waals surface area contributed by atoms with E-state index in [2.05, 4.69) is 17.0 Å². The smallest absolute Gasteiger partial charge is 0.254 e. The van der Waals surface area contributed by atoms with Gasteiger partial charge in [0.1, 0.15) is 11.5 Å². The molecule has 0 spiro atoms. The van der Waals surface area contributed by atoms with Gasteiger partial charge in [-0.3, -0.25) is 9.69 Å². The van der Waals surface area contributed by atoms with Crippen LogP contribution in [0.5, 0.6) is 11.5 Å². The van der Waals surface area contributed by atoms with Crippen LogP contribution in [0.3, 0.4) is 0 Å². The summed E-state index contributed by atoms with van der Waals surface area (Å²) in [5.41, 5.74) is 2.04. The SMILES string of the molecule is O=C(c1cccc(Oc2ccccc2)c1)N1CCN2C[C@@H](c3ccc(Cl)cc3)CC[C@@H]2C1. The zero-order chi connectivity index (χ0) is 21.9. The van der Waals surface area contributed by atoms with Gasteiger partial charge in [-0.25, -0.2) is 0 Å². The Morgan fingerprint density at radius 3 is 2.44 bits per heavy atom. The van der Waals surface area contributed by atoms with Crippen molar-refractivity contribution < 1.29 is 9.53 Å². The van der Waals surface area contributed by atoms with Gasteiger partial charge in [0.05, 0.1) is 0 Å². The number of benzene rings is 3. The monoisotopic (exact) mass is 446 g/mol. The maximum absolute atomic E-state index is 13.2. The molecule has 0 saturated carbocycles. The van der Waals surface area contributed by atoms with Gasteiger partial charge in [-0.05, 0) is 66.8 Å². The van der Waals surface area contributed by atoms with Crippen LogP contribution in [0.4, 0.5) is 0 Å². The van der Waals surface area contributed by atoms with E-state index in [1.165, 1.54) is 5.56 Å². The summed E-state index contributed by atoms with van der Waals surface area (Å²) in [5.74, 6) is 2.08. The second-order valence-corrected chi connectivity index (χ2v) is 9.11. The number of rotatable bonds is 4. The Kier molecular flexibility index (Phi) is 6.15. The molecule has 3 aromatic rings. The molecular weight excluding hydrogens is 420 g/mol. The average Bonchev–Trinajstić information content (AvgIpc) is 2.84. The summed E-state index contributed by atoms with van der Waals surface area (Å²) in [7, 11) is 0. The standard InChI is InChI=1S/C27H27ClN2O2/c28-23-12-9-20(10-13-23)22-11-14-24-19-30(16-15-29(24)18-22)27(31)21-5-4-8-26(17-21)32-25-6-2-1-3-7-25/h1-10,12-13,17,22,24H,11,14-16,18-19H2/t22-,24+/m0/s1. The summed E-state index contributed by atoms with van der Waals surface area (Å²) >= 11 is 6.05. The van der Waals surface area contributed by atoms with Crippen LogP contribution in [0.25, 0.3) is 0 Å². The quantitative estimate of drug-likeness (QED) is 0.505. The number of hydrogen-bond donors (Lipinski definition) is 0. The van der Waals surface area contributed by atoms with E-state index in [-0.39, 0.29) is 5.91 Å². The third-order valence-corrected chi connectivity index (χ3v) is 6.85. The predicted octanol–water partition coefficient (Wildman–Crippen LogP) is 5.84. The molecule has 32 heavy (non-hydrogen) atoms. The molecule has 5 rings (SSSR count). The minimum absolute atomic E-state index is 0.0861. The number of halogens is 1. The second kappa shape index (κ2) is 9.35. The summed E-state index contributed by atoms with van der Waals surface area (Å²) < 4.78 is 5.92. The minimum atomic E-state index is 0.0861. The lowest BCUT2D eigenvalue weighted by Gasteiger charge is -2.46. The van der Waals surface area contributed by atoms with Crippen molar-refractivity contribution in [3.05, 3.63) is 95.0 Å². The van der Waals surface area contributed by atoms with Crippen LogP contribution < -0.4 is 4.74 Å². The largest absolute Gasteiger partial charge is 0.457 e. The fraction of sp³-hybridized carbons (Fsp3) is 0.296. The predicted molar refractivity (Wildman–Crippen MR) is 128 cm³/mol. The summed E-state index contributed by atoms with van der Waals surface area (Å²) in [6, 6.07) is 25.8. The molecule has 2 saturated heterocycles. The van der Waals surface area contributed by atoms with Crippen molar-refractivity contribution in [1.29, 1.82) is 0 Å². The highest BCUT2D eigenvalue weighted by atomic mass is 35.5. The van der Waals surface area contributed by atoms with Crippen LogP contribution in [0.1, 0.15) is 34.7 Å². The number of hydrogen-bond acceptors (Lipinski definition) is 3. The highest BCUT2D eigenvalue weighted by molar-refractivity contribution is 6.30. The van der Waals surface area contributed by atoms with E-state index in [0.29, 0.717) is 23.3 Å². The Morgan fingerprint density at radius 1 is 0.844 bits per heavy atom. The molecular formula is C27H27ClN2O2. The van der Waals surface area contributed by atoms with Crippen molar-refractivity contribution in [1.82, 2.24) is 9.80 Å². The highest BCUT2D eigenvalue weighted by Gasteiger charge is 2.35. The van der Waals surface area contributed by atoms with E-state index < -0.39 is 0 Å². The Labute approximate surface area is 194 Å². The van der Waals surface area contributed by atoms with Crippen LogP contribution in [0.15, 0.2) is 78.9 Å². The van der Waals surface area contributed by atoms with Gasteiger partial charge >= 0.3 is 0 Å². The van der Waals surface area contributed by atoms with Crippen LogP contribution in [-0.4, -0.2) is 47.9 Å². The van der Waals surface area contributed by atoms with E-state index in [4.69, 9.17) is 16.3 Å². The summed E-state index contributed by atoms with van der Waals surface area (Å²) in [6.07, 6.45) is 2.25. The van der Waals surface area contributed by atoms with Gasteiger partial charge in [-0.15, -0.1) is 0 Å². The minimum Gasteiger partial charge on any atom is -0.457 e. The molecule has 5 heteroatoms. The maximum atomic E-state index is 13.2. The lowest BCUT2D eigenvalue weighted by molar-refractivity contribution is 0.0329. The zero-order valence-electron chi connectivity index (χ0n) is 18.0. The molecule has 0 unspecified atom stereocenters. The average molecular weight is 447 g/mol. The molecule has 4 nitrogen and oxygen atoms in total. The van der Waals surface area contributed by atoms with Gasteiger partial charge in [0.25, 0.3) is 5.91 Å². The Balaban J connectivity index is 1.22. The lowest BCUT2D eigenvalue weighted by Crippen LogP contribution is -2.57. The number of fused-ring (bicyclic) bond motifs is 1. The van der Waals surface area contributed by atoms with Crippen LogP contribution in [0, 0.1) is 0 Å². The first kappa shape index (κ1) is 21.0. The van der Waals surface area contributed by atoms with E-state index in [9.17, 15) is 4.79 Å². The normalized spacial score (nSPS) is 21.1. The summed E-state index contributed by atoms with van der Waals surface area (Å²) in [6.45, 7) is 3.51. The molecule has 0 aliphatic carbocycles. The van der Waals surface area contributed by atoms with Crippen LogP contribution >= 0.6 is 11.6 Å². The number of piperidine rings is 1. The first-order valence-corrected chi connectivity index (χ1v) is 11.7. The molecule has 0 bridgehead atoms. The maximum Gasteiger partial charge on any atom is 0.254 e. The van der Waals surface area contributed by atoms with Crippen molar-refractivity contribution in [3.63, 3.8) is 0 Å². The number of piperazine rings is 1. The first-order valence-electron chi connectivity index (χ1n) is 11.3. The molecule has 0 N–H and O–H groups in total. The van der Waals surface area contributed by atoms with Crippen molar-refractivity contribution >= 4 is 17.5 Å². The van der Waals surface area contributed by atoms with Crippen LogP contribution in [-0.2, 0) is 0 Å². The van der Waals surface area contributed by atoms with E-state index in [1.807, 2.05) is 71.6 Å².